The number of hydrogen-bond acceptors (Lipinski definition) is 2. The van der Waals surface area contributed by atoms with Gasteiger partial charge in [0.25, 0.3) is 5.82 Å². The summed E-state index contributed by atoms with van der Waals surface area (Å²) in [6, 6.07) is -0.607. The standard InChI is InChI=1S/C18H32N2O2/c1-5-6-7-8-9-10-11-12-13-17-19(4)15(2)14-20(17)16(3)18(21)22/h14,16H,5-13H2,1-4H3. The van der Waals surface area contributed by atoms with E-state index in [1.165, 1.54) is 44.9 Å². The summed E-state index contributed by atoms with van der Waals surface area (Å²) in [5.74, 6) is 0.0629. The number of carbonyl (C=O) groups excluding carboxylic acids is 1. The predicted molar refractivity (Wildman–Crippen MR) is 86.4 cm³/mol. The van der Waals surface area contributed by atoms with Gasteiger partial charge < -0.3 is 9.90 Å². The van der Waals surface area contributed by atoms with Crippen LogP contribution in [-0.4, -0.2) is 10.5 Å². The fourth-order valence-electron chi connectivity index (χ4n) is 2.90. The van der Waals surface area contributed by atoms with Gasteiger partial charge in [-0.3, -0.25) is 0 Å². The number of carbonyl (C=O) groups is 1. The first-order valence-corrected chi connectivity index (χ1v) is 8.76. The maximum Gasteiger partial charge on any atom is 0.256 e. The molecule has 0 aliphatic heterocycles. The number of rotatable bonds is 11. The predicted octanol–water partition coefficient (Wildman–Crippen LogP) is 2.62. The van der Waals surface area contributed by atoms with E-state index in [2.05, 4.69) is 11.5 Å². The lowest BCUT2D eigenvalue weighted by Gasteiger charge is -2.11. The molecule has 0 saturated carbocycles. The maximum atomic E-state index is 11.1. The molecule has 0 radical (unpaired) electrons. The van der Waals surface area contributed by atoms with E-state index in [9.17, 15) is 9.90 Å². The molecular formula is C18H32N2O2. The molecule has 1 atom stereocenters. The van der Waals surface area contributed by atoms with Crippen molar-refractivity contribution in [2.24, 2.45) is 7.05 Å². The second-order valence-corrected chi connectivity index (χ2v) is 6.37. The molecule has 0 aromatic carbocycles. The summed E-state index contributed by atoms with van der Waals surface area (Å²) in [5.41, 5.74) is 1.09. The van der Waals surface area contributed by atoms with Crippen LogP contribution in [0.5, 0.6) is 0 Å². The number of aryl methyl sites for hydroxylation is 1. The zero-order valence-electron chi connectivity index (χ0n) is 14.7. The Kier molecular flexibility index (Phi) is 8.21. The fraction of sp³-hybridized carbons (Fsp3) is 0.778. The summed E-state index contributed by atoms with van der Waals surface area (Å²) < 4.78 is 3.95. The molecular weight excluding hydrogens is 276 g/mol. The third-order valence-electron chi connectivity index (χ3n) is 4.55. The number of nitrogens with zero attached hydrogens (tertiary/aromatic N) is 2. The van der Waals surface area contributed by atoms with Crippen LogP contribution in [0.15, 0.2) is 6.20 Å². The summed E-state index contributed by atoms with van der Waals surface area (Å²) in [4.78, 5) is 11.1. The SMILES string of the molecule is CCCCCCCCCCc1n(C)c(C)c[n+]1C(C)C(=O)[O-]. The Morgan fingerprint density at radius 1 is 1.18 bits per heavy atom. The number of aliphatic carboxylic acids is 1. The van der Waals surface area contributed by atoms with E-state index in [4.69, 9.17) is 0 Å². The maximum absolute atomic E-state index is 11.1. The molecule has 126 valence electrons. The highest BCUT2D eigenvalue weighted by molar-refractivity contribution is 5.66. The van der Waals surface area contributed by atoms with Gasteiger partial charge in [0.2, 0.25) is 0 Å². The van der Waals surface area contributed by atoms with Crippen LogP contribution in [0.25, 0.3) is 0 Å². The monoisotopic (exact) mass is 308 g/mol. The van der Waals surface area contributed by atoms with Gasteiger partial charge in [-0.25, -0.2) is 9.13 Å². The quantitative estimate of drug-likeness (QED) is 0.466. The van der Waals surface area contributed by atoms with Crippen molar-refractivity contribution in [2.45, 2.75) is 84.6 Å². The van der Waals surface area contributed by atoms with Gasteiger partial charge in [0, 0.05) is 13.3 Å². The third kappa shape index (κ3) is 5.47. The van der Waals surface area contributed by atoms with Crippen molar-refractivity contribution in [1.82, 2.24) is 4.57 Å². The smallest absolute Gasteiger partial charge is 0.256 e. The summed E-state index contributed by atoms with van der Waals surface area (Å²) in [5, 5.41) is 11.1. The highest BCUT2D eigenvalue weighted by Gasteiger charge is 2.22. The molecule has 4 heteroatoms. The topological polar surface area (TPSA) is 48.9 Å². The normalized spacial score (nSPS) is 12.5. The van der Waals surface area contributed by atoms with E-state index in [0.29, 0.717) is 0 Å². The minimum absolute atomic E-state index is 0.607. The van der Waals surface area contributed by atoms with Gasteiger partial charge in [0.05, 0.1) is 13.0 Å². The van der Waals surface area contributed by atoms with Crippen molar-refractivity contribution < 1.29 is 14.5 Å². The molecule has 0 aliphatic rings. The number of carboxylic acid groups (broad SMARTS) is 1. The van der Waals surface area contributed by atoms with E-state index in [1.54, 1.807) is 6.92 Å². The molecule has 22 heavy (non-hydrogen) atoms. The van der Waals surface area contributed by atoms with Gasteiger partial charge in [-0.1, -0.05) is 51.9 Å². The Hall–Kier alpha value is -1.32. The Labute approximate surface area is 135 Å². The summed E-state index contributed by atoms with van der Waals surface area (Å²) in [7, 11) is 2.01. The van der Waals surface area contributed by atoms with Gasteiger partial charge >= 0.3 is 0 Å². The van der Waals surface area contributed by atoms with E-state index in [0.717, 1.165) is 24.4 Å². The molecule has 1 rings (SSSR count). The van der Waals surface area contributed by atoms with E-state index < -0.39 is 12.0 Å². The zero-order chi connectivity index (χ0) is 16.5. The van der Waals surface area contributed by atoms with E-state index >= 15 is 0 Å². The van der Waals surface area contributed by atoms with Crippen molar-refractivity contribution in [1.29, 1.82) is 0 Å². The molecule has 0 spiro atoms. The van der Waals surface area contributed by atoms with Crippen molar-refractivity contribution in [3.63, 3.8) is 0 Å². The summed E-state index contributed by atoms with van der Waals surface area (Å²) in [6.45, 7) is 5.94. The second kappa shape index (κ2) is 9.65. The number of hydrogen-bond donors (Lipinski definition) is 0. The van der Waals surface area contributed by atoms with Crippen LogP contribution in [-0.2, 0) is 18.3 Å². The minimum atomic E-state index is -1.02. The lowest BCUT2D eigenvalue weighted by molar-refractivity contribution is -0.719. The van der Waals surface area contributed by atoms with Crippen LogP contribution in [0.4, 0.5) is 0 Å². The first-order valence-electron chi connectivity index (χ1n) is 8.76. The molecule has 1 aromatic heterocycles. The van der Waals surface area contributed by atoms with Crippen molar-refractivity contribution in [3.05, 3.63) is 17.7 Å². The molecule has 0 fully saturated rings. The number of carboxylic acids is 1. The van der Waals surface area contributed by atoms with E-state index in [1.807, 2.05) is 24.7 Å². The Morgan fingerprint density at radius 3 is 2.27 bits per heavy atom. The van der Waals surface area contributed by atoms with Crippen LogP contribution in [0.3, 0.4) is 0 Å². The highest BCUT2D eigenvalue weighted by atomic mass is 16.4. The molecule has 0 saturated heterocycles. The van der Waals surface area contributed by atoms with Gasteiger partial charge in [-0.05, 0) is 13.3 Å². The molecule has 1 aromatic rings. The largest absolute Gasteiger partial charge is 0.546 e. The van der Waals surface area contributed by atoms with Crippen LogP contribution in [0.1, 0.15) is 82.8 Å². The first-order chi connectivity index (χ1) is 10.5. The molecule has 0 aliphatic carbocycles. The number of aromatic nitrogens is 2. The van der Waals surface area contributed by atoms with Gasteiger partial charge in [0.15, 0.2) is 0 Å². The van der Waals surface area contributed by atoms with Crippen LogP contribution in [0, 0.1) is 6.92 Å². The molecule has 0 bridgehead atoms. The second-order valence-electron chi connectivity index (χ2n) is 6.37. The summed E-state index contributed by atoms with van der Waals surface area (Å²) >= 11 is 0. The zero-order valence-corrected chi connectivity index (χ0v) is 14.7. The van der Waals surface area contributed by atoms with Gasteiger partial charge in [-0.2, -0.15) is 0 Å². The lowest BCUT2D eigenvalue weighted by Crippen LogP contribution is -2.49. The highest BCUT2D eigenvalue weighted by Crippen LogP contribution is 2.12. The van der Waals surface area contributed by atoms with Crippen molar-refractivity contribution >= 4 is 5.97 Å². The van der Waals surface area contributed by atoms with Crippen molar-refractivity contribution in [2.75, 3.05) is 0 Å². The first kappa shape index (κ1) is 18.7. The molecule has 1 unspecified atom stereocenters. The summed E-state index contributed by atoms with van der Waals surface area (Å²) in [6.07, 6.45) is 13.1. The van der Waals surface area contributed by atoms with Gasteiger partial charge in [0.1, 0.15) is 17.9 Å². The Morgan fingerprint density at radius 2 is 1.73 bits per heavy atom. The Bertz CT molecular complexity index is 466. The average Bonchev–Trinajstić information content (AvgIpc) is 2.77. The van der Waals surface area contributed by atoms with E-state index in [-0.39, 0.29) is 0 Å². The molecule has 0 amide bonds. The van der Waals surface area contributed by atoms with Gasteiger partial charge in [-0.15, -0.1) is 0 Å². The fourth-order valence-corrected chi connectivity index (χ4v) is 2.90. The molecule has 0 N–H and O–H groups in total. The van der Waals surface area contributed by atoms with Crippen LogP contribution >= 0.6 is 0 Å². The number of unbranched alkanes of at least 4 members (excludes halogenated alkanes) is 7. The minimum Gasteiger partial charge on any atom is -0.546 e. The third-order valence-corrected chi connectivity index (χ3v) is 4.55. The molecule has 1 heterocycles. The average molecular weight is 308 g/mol. The van der Waals surface area contributed by atoms with Crippen LogP contribution in [0.2, 0.25) is 0 Å². The lowest BCUT2D eigenvalue weighted by atomic mass is 10.1. The molecule has 4 nitrogen and oxygen atoms in total. The van der Waals surface area contributed by atoms with Crippen molar-refractivity contribution in [3.8, 4) is 0 Å². The number of imidazole rings is 1. The Balaban J connectivity index is 2.43. The van der Waals surface area contributed by atoms with Crippen LogP contribution < -0.4 is 9.67 Å².